The maximum Gasteiger partial charge on any atom is 0.229 e. The Morgan fingerprint density at radius 3 is 2.35 bits per heavy atom. The van der Waals surface area contributed by atoms with Gasteiger partial charge in [0, 0.05) is 17.8 Å². The highest BCUT2D eigenvalue weighted by Crippen LogP contribution is 2.16. The van der Waals surface area contributed by atoms with Gasteiger partial charge in [-0.25, -0.2) is 8.78 Å². The average molecular weight is 276 g/mol. The lowest BCUT2D eigenvalue weighted by atomic mass is 10.1. The number of carbonyl (C=O) groups excluding carboxylic acids is 1. The summed E-state index contributed by atoms with van der Waals surface area (Å²) in [4.78, 5) is 11.9. The van der Waals surface area contributed by atoms with Gasteiger partial charge in [-0.1, -0.05) is 24.3 Å². The quantitative estimate of drug-likeness (QED) is 0.902. The van der Waals surface area contributed by atoms with E-state index in [9.17, 15) is 13.6 Å². The summed E-state index contributed by atoms with van der Waals surface area (Å²) < 4.78 is 26.9. The molecule has 0 fully saturated rings. The van der Waals surface area contributed by atoms with Gasteiger partial charge in [-0.05, 0) is 23.8 Å². The minimum absolute atomic E-state index is 0.241. The van der Waals surface area contributed by atoms with Gasteiger partial charge >= 0.3 is 0 Å². The van der Waals surface area contributed by atoms with E-state index in [1.807, 2.05) is 0 Å². The Morgan fingerprint density at radius 2 is 1.70 bits per heavy atom. The van der Waals surface area contributed by atoms with Crippen molar-refractivity contribution in [2.75, 3.05) is 5.32 Å². The molecule has 2 aromatic carbocycles. The third-order valence-electron chi connectivity index (χ3n) is 2.91. The highest BCUT2D eigenvalue weighted by atomic mass is 19.1. The standard InChI is InChI=1S/C15H14F2N2O/c16-12-5-3-6-13(17)11(12)8-15(20)19-14-7-2-1-4-10(14)9-18/h1-7H,8-9,18H2,(H,19,20). The molecule has 1 amide bonds. The van der Waals surface area contributed by atoms with Crippen LogP contribution in [0.4, 0.5) is 14.5 Å². The van der Waals surface area contributed by atoms with Crippen molar-refractivity contribution in [3.8, 4) is 0 Å². The van der Waals surface area contributed by atoms with E-state index in [0.717, 1.165) is 17.7 Å². The first kappa shape index (κ1) is 14.1. The fraction of sp³-hybridized carbons (Fsp3) is 0.133. The molecule has 0 atom stereocenters. The molecule has 3 nitrogen and oxygen atoms in total. The highest BCUT2D eigenvalue weighted by molar-refractivity contribution is 5.93. The molecule has 0 saturated heterocycles. The molecule has 0 saturated carbocycles. The van der Waals surface area contributed by atoms with Crippen molar-refractivity contribution in [3.63, 3.8) is 0 Å². The minimum Gasteiger partial charge on any atom is -0.326 e. The fourth-order valence-electron chi connectivity index (χ4n) is 1.88. The van der Waals surface area contributed by atoms with Gasteiger partial charge in [0.05, 0.1) is 6.42 Å². The van der Waals surface area contributed by atoms with Crippen LogP contribution in [0.3, 0.4) is 0 Å². The summed E-state index contributed by atoms with van der Waals surface area (Å²) in [6.07, 6.45) is -0.364. The summed E-state index contributed by atoms with van der Waals surface area (Å²) in [5.41, 5.74) is 6.63. The summed E-state index contributed by atoms with van der Waals surface area (Å²) >= 11 is 0. The first-order chi connectivity index (χ1) is 9.61. The number of halogens is 2. The van der Waals surface area contributed by atoms with Crippen LogP contribution in [-0.2, 0) is 17.8 Å². The Labute approximate surface area is 115 Å². The van der Waals surface area contributed by atoms with Crippen LogP contribution in [0.5, 0.6) is 0 Å². The fourth-order valence-corrected chi connectivity index (χ4v) is 1.88. The molecule has 0 bridgehead atoms. The number of carbonyl (C=O) groups is 1. The van der Waals surface area contributed by atoms with E-state index in [0.29, 0.717) is 5.69 Å². The Bertz CT molecular complexity index is 609. The Kier molecular flexibility index (Phi) is 4.42. The molecule has 0 heterocycles. The maximum absolute atomic E-state index is 13.5. The zero-order valence-corrected chi connectivity index (χ0v) is 10.7. The molecule has 0 radical (unpaired) electrons. The smallest absolute Gasteiger partial charge is 0.229 e. The SMILES string of the molecule is NCc1ccccc1NC(=O)Cc1c(F)cccc1F. The van der Waals surface area contributed by atoms with E-state index >= 15 is 0 Å². The molecule has 104 valence electrons. The van der Waals surface area contributed by atoms with Crippen molar-refractivity contribution in [3.05, 3.63) is 65.2 Å². The molecule has 0 spiro atoms. The monoisotopic (exact) mass is 276 g/mol. The van der Waals surface area contributed by atoms with Crippen LogP contribution in [0.15, 0.2) is 42.5 Å². The van der Waals surface area contributed by atoms with E-state index in [-0.39, 0.29) is 18.5 Å². The number of benzene rings is 2. The van der Waals surface area contributed by atoms with E-state index in [2.05, 4.69) is 5.32 Å². The maximum atomic E-state index is 13.5. The first-order valence-corrected chi connectivity index (χ1v) is 6.12. The third kappa shape index (κ3) is 3.19. The molecule has 3 N–H and O–H groups in total. The molecule has 0 aliphatic rings. The van der Waals surface area contributed by atoms with Crippen LogP contribution in [0.1, 0.15) is 11.1 Å². The van der Waals surface area contributed by atoms with Gasteiger partial charge < -0.3 is 11.1 Å². The van der Waals surface area contributed by atoms with Crippen molar-refractivity contribution in [2.45, 2.75) is 13.0 Å². The van der Waals surface area contributed by atoms with Gasteiger partial charge in [0.2, 0.25) is 5.91 Å². The highest BCUT2D eigenvalue weighted by Gasteiger charge is 2.13. The zero-order valence-electron chi connectivity index (χ0n) is 10.7. The molecule has 2 aromatic rings. The van der Waals surface area contributed by atoms with Crippen LogP contribution >= 0.6 is 0 Å². The molecule has 0 aliphatic heterocycles. The van der Waals surface area contributed by atoms with Gasteiger partial charge in [-0.15, -0.1) is 0 Å². The van der Waals surface area contributed by atoms with Crippen LogP contribution < -0.4 is 11.1 Å². The van der Waals surface area contributed by atoms with E-state index in [4.69, 9.17) is 5.73 Å². The first-order valence-electron chi connectivity index (χ1n) is 6.12. The summed E-state index contributed by atoms with van der Waals surface area (Å²) in [7, 11) is 0. The molecule has 0 aliphatic carbocycles. The summed E-state index contributed by atoms with van der Waals surface area (Å²) in [6.45, 7) is 0.268. The molecule has 0 unspecified atom stereocenters. The number of rotatable bonds is 4. The number of nitrogens with one attached hydrogen (secondary N) is 1. The number of amides is 1. The van der Waals surface area contributed by atoms with Crippen LogP contribution in [0, 0.1) is 11.6 Å². The van der Waals surface area contributed by atoms with E-state index in [1.54, 1.807) is 24.3 Å². The van der Waals surface area contributed by atoms with Gasteiger partial charge in [0.25, 0.3) is 0 Å². The topological polar surface area (TPSA) is 55.1 Å². The largest absolute Gasteiger partial charge is 0.326 e. The van der Waals surface area contributed by atoms with Crippen LogP contribution in [0.25, 0.3) is 0 Å². The predicted octanol–water partition coefficient (Wildman–Crippen LogP) is 2.60. The molecular weight excluding hydrogens is 262 g/mol. The molecule has 20 heavy (non-hydrogen) atoms. The van der Waals surface area contributed by atoms with E-state index < -0.39 is 17.5 Å². The predicted molar refractivity (Wildman–Crippen MR) is 73.0 cm³/mol. The van der Waals surface area contributed by atoms with Gasteiger partial charge in [0.1, 0.15) is 11.6 Å². The lowest BCUT2D eigenvalue weighted by Gasteiger charge is -2.10. The molecule has 2 rings (SSSR count). The summed E-state index contributed by atoms with van der Waals surface area (Å²) in [5.74, 6) is -1.95. The molecular formula is C15H14F2N2O. The average Bonchev–Trinajstić information content (AvgIpc) is 2.44. The van der Waals surface area contributed by atoms with E-state index in [1.165, 1.54) is 6.07 Å². The Balaban J connectivity index is 2.13. The van der Waals surface area contributed by atoms with Crippen LogP contribution in [-0.4, -0.2) is 5.91 Å². The van der Waals surface area contributed by atoms with Crippen LogP contribution in [0.2, 0.25) is 0 Å². The molecule has 0 aromatic heterocycles. The Hall–Kier alpha value is -2.27. The van der Waals surface area contributed by atoms with Gasteiger partial charge in [-0.3, -0.25) is 4.79 Å². The molecule has 5 heteroatoms. The third-order valence-corrected chi connectivity index (χ3v) is 2.91. The van der Waals surface area contributed by atoms with Gasteiger partial charge in [0.15, 0.2) is 0 Å². The number of hydrogen-bond acceptors (Lipinski definition) is 2. The normalized spacial score (nSPS) is 10.3. The zero-order chi connectivity index (χ0) is 14.5. The lowest BCUT2D eigenvalue weighted by molar-refractivity contribution is -0.115. The summed E-state index contributed by atoms with van der Waals surface area (Å²) in [5, 5.41) is 2.61. The second-order valence-electron chi connectivity index (χ2n) is 4.29. The lowest BCUT2D eigenvalue weighted by Crippen LogP contribution is -2.17. The Morgan fingerprint density at radius 1 is 1.05 bits per heavy atom. The number of hydrogen-bond donors (Lipinski definition) is 2. The second-order valence-corrected chi connectivity index (χ2v) is 4.29. The van der Waals surface area contributed by atoms with Crippen molar-refractivity contribution in [2.24, 2.45) is 5.73 Å². The van der Waals surface area contributed by atoms with Crippen molar-refractivity contribution in [1.29, 1.82) is 0 Å². The minimum atomic E-state index is -0.729. The van der Waals surface area contributed by atoms with Crippen molar-refractivity contribution in [1.82, 2.24) is 0 Å². The van der Waals surface area contributed by atoms with Crippen molar-refractivity contribution < 1.29 is 13.6 Å². The number of anilines is 1. The number of nitrogens with two attached hydrogens (primary N) is 1. The van der Waals surface area contributed by atoms with Gasteiger partial charge in [-0.2, -0.15) is 0 Å². The van der Waals surface area contributed by atoms with Crippen molar-refractivity contribution >= 4 is 11.6 Å². The number of para-hydroxylation sites is 1. The summed E-state index contributed by atoms with van der Waals surface area (Å²) in [6, 6.07) is 10.5. The second kappa shape index (κ2) is 6.25.